The lowest BCUT2D eigenvalue weighted by Gasteiger charge is -2.30. The van der Waals surface area contributed by atoms with Gasteiger partial charge in [0, 0.05) is 43.8 Å². The number of carboxylic acid groups (broad SMARTS) is 1. The second-order valence-electron chi connectivity index (χ2n) is 7.11. The summed E-state index contributed by atoms with van der Waals surface area (Å²) < 4.78 is 26.0. The maximum atomic E-state index is 14.6. The van der Waals surface area contributed by atoms with Gasteiger partial charge in [-0.2, -0.15) is 0 Å². The molecule has 1 saturated heterocycles. The van der Waals surface area contributed by atoms with Gasteiger partial charge >= 0.3 is 5.97 Å². The molecular weight excluding hydrogens is 385 g/mol. The number of nitrogens with zero attached hydrogens (tertiary/aromatic N) is 2. The minimum absolute atomic E-state index is 0.137. The molecule has 1 aliphatic carbocycles. The average molecular weight is 409 g/mol. The van der Waals surface area contributed by atoms with Gasteiger partial charge in [0.1, 0.15) is 11.4 Å². The topological polar surface area (TPSA) is 97.6 Å². The number of piperazine rings is 1. The first-order valence-electron chi connectivity index (χ1n) is 9.12. The van der Waals surface area contributed by atoms with E-state index in [1.165, 1.54) is 12.3 Å². The highest BCUT2D eigenvalue weighted by Crippen LogP contribution is 2.38. The highest BCUT2D eigenvalue weighted by molar-refractivity contribution is 7.89. The smallest absolute Gasteiger partial charge is 0.341 e. The van der Waals surface area contributed by atoms with Crippen molar-refractivity contribution in [1.29, 1.82) is 0 Å². The number of aromatic nitrogens is 1. The van der Waals surface area contributed by atoms with E-state index in [1.807, 2.05) is 9.47 Å². The number of carbonyl (C=O) groups is 1. The highest BCUT2D eigenvalue weighted by Gasteiger charge is 2.28. The third kappa shape index (κ3) is 4.48. The summed E-state index contributed by atoms with van der Waals surface area (Å²) in [4.78, 5) is 25.7. The molecule has 0 amide bonds. The van der Waals surface area contributed by atoms with Crippen molar-refractivity contribution in [2.75, 3.05) is 43.6 Å². The fourth-order valence-electron chi connectivity index (χ4n) is 3.31. The van der Waals surface area contributed by atoms with Crippen LogP contribution >= 0.6 is 0 Å². The summed E-state index contributed by atoms with van der Waals surface area (Å²) in [6.45, 7) is 2.96. The van der Waals surface area contributed by atoms with Gasteiger partial charge in [-0.25, -0.2) is 9.18 Å². The maximum Gasteiger partial charge on any atom is 0.341 e. The minimum atomic E-state index is -1.28. The van der Waals surface area contributed by atoms with Crippen LogP contribution in [0.25, 0.3) is 10.9 Å². The Kier molecular flexibility index (Phi) is 6.26. The lowest BCUT2D eigenvalue weighted by Crippen LogP contribution is -2.43. The molecule has 0 radical (unpaired) electrons. The molecule has 1 aromatic heterocycles. The van der Waals surface area contributed by atoms with Crippen LogP contribution in [0.1, 0.15) is 29.2 Å². The summed E-state index contributed by atoms with van der Waals surface area (Å²) in [5.41, 5.74) is 0.159. The Morgan fingerprint density at radius 2 is 1.89 bits per heavy atom. The lowest BCUT2D eigenvalue weighted by atomic mass is 10.1. The average Bonchev–Trinajstić information content (AvgIpc) is 3.47. The zero-order valence-corrected chi connectivity index (χ0v) is 16.7. The zero-order chi connectivity index (χ0) is 20.4. The number of carboxylic acids is 1. The summed E-state index contributed by atoms with van der Waals surface area (Å²) in [5, 5.41) is 12.6. The van der Waals surface area contributed by atoms with Crippen LogP contribution in [0.5, 0.6) is 0 Å². The number of pyridine rings is 1. The van der Waals surface area contributed by atoms with E-state index in [9.17, 15) is 23.6 Å². The van der Waals surface area contributed by atoms with Gasteiger partial charge in [-0.1, -0.05) is 11.2 Å². The molecule has 2 fully saturated rings. The molecule has 0 spiro atoms. The van der Waals surface area contributed by atoms with Crippen LogP contribution in [0, 0.1) is 5.82 Å². The van der Waals surface area contributed by atoms with E-state index in [2.05, 4.69) is 5.32 Å². The molecule has 152 valence electrons. The molecular formula is C19H24FN3O4S. The van der Waals surface area contributed by atoms with Gasteiger partial charge in [0.05, 0.1) is 23.7 Å². The Labute approximate surface area is 165 Å². The Bertz CT molecular complexity index is 934. The fraction of sp³-hybridized carbons (Fsp3) is 0.474. The number of halogens is 1. The normalized spacial score (nSPS) is 16.8. The van der Waals surface area contributed by atoms with E-state index < -0.39 is 28.4 Å². The molecule has 7 nitrogen and oxygen atoms in total. The van der Waals surface area contributed by atoms with Crippen LogP contribution in [0.2, 0.25) is 0 Å². The van der Waals surface area contributed by atoms with Crippen LogP contribution in [0.3, 0.4) is 0 Å². The van der Waals surface area contributed by atoms with E-state index in [0.717, 1.165) is 25.9 Å². The SMILES string of the molecule is C[S+](C)[O-].O=C(O)c1cn(C2CC2)c2cc(N3CCNCC3)c(F)cc2c1=O. The largest absolute Gasteiger partial charge is 0.617 e. The molecule has 4 rings (SSSR count). The summed E-state index contributed by atoms with van der Waals surface area (Å²) in [5.74, 6) is -1.76. The molecule has 9 heteroatoms. The van der Waals surface area contributed by atoms with Gasteiger partial charge in [0.2, 0.25) is 5.43 Å². The van der Waals surface area contributed by atoms with E-state index in [0.29, 0.717) is 24.3 Å². The number of hydrogen-bond acceptors (Lipinski definition) is 5. The van der Waals surface area contributed by atoms with Gasteiger partial charge in [0.25, 0.3) is 0 Å². The van der Waals surface area contributed by atoms with Gasteiger partial charge < -0.3 is 24.4 Å². The van der Waals surface area contributed by atoms with Crippen LogP contribution in [-0.2, 0) is 11.2 Å². The number of nitrogens with one attached hydrogen (secondary N) is 1. The quantitative estimate of drug-likeness (QED) is 0.747. The predicted octanol–water partition coefficient (Wildman–Crippen LogP) is 1.58. The molecule has 2 aromatic rings. The van der Waals surface area contributed by atoms with Gasteiger partial charge in [-0.3, -0.25) is 4.79 Å². The van der Waals surface area contributed by atoms with Crippen molar-refractivity contribution in [1.82, 2.24) is 9.88 Å². The maximum absolute atomic E-state index is 14.6. The van der Waals surface area contributed by atoms with Gasteiger partial charge in [-0.15, -0.1) is 0 Å². The van der Waals surface area contributed by atoms with Crippen LogP contribution in [-0.4, -0.2) is 58.9 Å². The highest BCUT2D eigenvalue weighted by atomic mass is 32.2. The molecule has 2 aliphatic rings. The molecule has 0 unspecified atom stereocenters. The Morgan fingerprint density at radius 1 is 1.29 bits per heavy atom. The van der Waals surface area contributed by atoms with Crippen molar-refractivity contribution in [2.24, 2.45) is 0 Å². The Balaban J connectivity index is 0.000000516. The van der Waals surface area contributed by atoms with Gasteiger partial charge in [0.15, 0.2) is 0 Å². The minimum Gasteiger partial charge on any atom is -0.617 e. The Morgan fingerprint density at radius 3 is 2.43 bits per heavy atom. The van der Waals surface area contributed by atoms with Crippen molar-refractivity contribution < 1.29 is 18.8 Å². The second kappa shape index (κ2) is 8.50. The first-order valence-corrected chi connectivity index (χ1v) is 11.1. The number of anilines is 1. The number of fused-ring (bicyclic) bond motifs is 1. The zero-order valence-electron chi connectivity index (χ0n) is 15.9. The number of rotatable bonds is 3. The third-order valence-electron chi connectivity index (χ3n) is 4.73. The first kappa shape index (κ1) is 20.6. The summed E-state index contributed by atoms with van der Waals surface area (Å²) in [6, 6.07) is 3.08. The molecule has 1 saturated carbocycles. The van der Waals surface area contributed by atoms with Gasteiger partial charge in [-0.05, 0) is 25.0 Å². The van der Waals surface area contributed by atoms with Crippen molar-refractivity contribution in [3.8, 4) is 0 Å². The van der Waals surface area contributed by atoms with E-state index in [4.69, 9.17) is 0 Å². The molecule has 0 atom stereocenters. The first-order chi connectivity index (χ1) is 13.3. The molecule has 2 heterocycles. The predicted molar refractivity (Wildman–Crippen MR) is 108 cm³/mol. The molecule has 1 aliphatic heterocycles. The third-order valence-corrected chi connectivity index (χ3v) is 4.73. The van der Waals surface area contributed by atoms with Crippen molar-refractivity contribution in [3.63, 3.8) is 0 Å². The molecule has 1 aromatic carbocycles. The van der Waals surface area contributed by atoms with Crippen LogP contribution in [0.15, 0.2) is 23.1 Å². The summed E-state index contributed by atoms with van der Waals surface area (Å²) in [6.07, 6.45) is 6.57. The summed E-state index contributed by atoms with van der Waals surface area (Å²) in [7, 11) is 0. The summed E-state index contributed by atoms with van der Waals surface area (Å²) >= 11 is -0.611. The van der Waals surface area contributed by atoms with E-state index in [1.54, 1.807) is 18.6 Å². The molecule has 2 N–H and O–H groups in total. The second-order valence-corrected chi connectivity index (χ2v) is 8.60. The monoisotopic (exact) mass is 409 g/mol. The Hall–Kier alpha value is -2.10. The number of hydrogen-bond donors (Lipinski definition) is 2. The molecule has 0 bridgehead atoms. The van der Waals surface area contributed by atoms with Crippen molar-refractivity contribution >= 4 is 33.7 Å². The number of benzene rings is 1. The number of aromatic carboxylic acids is 1. The standard InChI is InChI=1S/C17H18FN3O3.C2H6OS/c18-13-7-11-14(8-15(13)20-5-3-19-4-6-20)21(10-1-2-10)9-12(16(11)22)17(23)24;1-4(2)3/h7-10,19H,1-6H2,(H,23,24);1-2H3. The van der Waals surface area contributed by atoms with Crippen LogP contribution < -0.4 is 15.6 Å². The van der Waals surface area contributed by atoms with E-state index in [-0.39, 0.29) is 17.0 Å². The van der Waals surface area contributed by atoms with Crippen LogP contribution in [0.4, 0.5) is 10.1 Å². The van der Waals surface area contributed by atoms with Crippen molar-refractivity contribution in [2.45, 2.75) is 18.9 Å². The lowest BCUT2D eigenvalue weighted by molar-refractivity contribution is 0.0695. The molecule has 28 heavy (non-hydrogen) atoms. The fourth-order valence-corrected chi connectivity index (χ4v) is 3.31. The van der Waals surface area contributed by atoms with Crippen molar-refractivity contribution in [3.05, 3.63) is 39.9 Å². The van der Waals surface area contributed by atoms with E-state index >= 15 is 0 Å².